The number of nitrogens with zero attached hydrogens (tertiary/aromatic N) is 3. The highest BCUT2D eigenvalue weighted by Gasteiger charge is 2.11. The highest BCUT2D eigenvalue weighted by molar-refractivity contribution is 7.99. The summed E-state index contributed by atoms with van der Waals surface area (Å²) in [7, 11) is 0. The molecule has 0 atom stereocenters. The van der Waals surface area contributed by atoms with Crippen molar-refractivity contribution in [2.45, 2.75) is 18.5 Å². The van der Waals surface area contributed by atoms with Gasteiger partial charge in [-0.2, -0.15) is 0 Å². The van der Waals surface area contributed by atoms with E-state index in [1.807, 2.05) is 6.07 Å². The van der Waals surface area contributed by atoms with E-state index in [1.54, 1.807) is 12.1 Å². The van der Waals surface area contributed by atoms with Crippen LogP contribution in [0.5, 0.6) is 5.75 Å². The molecule has 3 N–H and O–H groups in total. The zero-order valence-corrected chi connectivity index (χ0v) is 15.4. The standard InChI is InChI=1S/C19H17N5O2S/c1-2-11-3-8-15-14(9-11)17-18(21-15)22-19(24-23-17)27-10-16(26)20-12-4-6-13(25)7-5-12/h3-9,25H,2,10H2,1H3,(H,20,26)(H,21,22,24). The normalized spacial score (nSPS) is 11.1. The Hall–Kier alpha value is -3.13. The number of fused-ring (bicyclic) bond motifs is 3. The first kappa shape index (κ1) is 17.3. The van der Waals surface area contributed by atoms with Crippen molar-refractivity contribution in [2.75, 3.05) is 11.1 Å². The average Bonchev–Trinajstić information content (AvgIpc) is 3.05. The predicted molar refractivity (Wildman–Crippen MR) is 106 cm³/mol. The van der Waals surface area contributed by atoms with Crippen LogP contribution in [0, 0.1) is 0 Å². The first-order valence-electron chi connectivity index (χ1n) is 8.49. The number of aryl methyl sites for hydroxylation is 1. The third-order valence-corrected chi connectivity index (χ3v) is 4.99. The molecule has 7 nitrogen and oxygen atoms in total. The molecular weight excluding hydrogens is 362 g/mol. The van der Waals surface area contributed by atoms with E-state index in [2.05, 4.69) is 44.5 Å². The van der Waals surface area contributed by atoms with E-state index in [0.29, 0.717) is 16.5 Å². The van der Waals surface area contributed by atoms with E-state index < -0.39 is 0 Å². The molecule has 0 saturated heterocycles. The van der Waals surface area contributed by atoms with Crippen LogP contribution in [0.25, 0.3) is 22.1 Å². The van der Waals surface area contributed by atoms with Crippen molar-refractivity contribution >= 4 is 45.4 Å². The monoisotopic (exact) mass is 379 g/mol. The molecule has 0 bridgehead atoms. The molecule has 1 amide bonds. The highest BCUT2D eigenvalue weighted by atomic mass is 32.2. The van der Waals surface area contributed by atoms with Gasteiger partial charge in [0.05, 0.1) is 5.75 Å². The second-order valence-corrected chi connectivity index (χ2v) is 6.98. The zero-order chi connectivity index (χ0) is 18.8. The maximum Gasteiger partial charge on any atom is 0.234 e. The number of aromatic amines is 1. The number of thioether (sulfide) groups is 1. The van der Waals surface area contributed by atoms with Crippen molar-refractivity contribution < 1.29 is 9.90 Å². The lowest BCUT2D eigenvalue weighted by atomic mass is 10.1. The summed E-state index contributed by atoms with van der Waals surface area (Å²) in [5, 5.41) is 21.9. The van der Waals surface area contributed by atoms with Gasteiger partial charge in [-0.1, -0.05) is 24.8 Å². The second-order valence-electron chi connectivity index (χ2n) is 6.03. The number of aromatic nitrogens is 4. The number of nitrogens with one attached hydrogen (secondary N) is 2. The Labute approximate surface area is 159 Å². The molecule has 0 aliphatic heterocycles. The quantitative estimate of drug-likeness (QED) is 0.362. The zero-order valence-electron chi connectivity index (χ0n) is 14.6. The van der Waals surface area contributed by atoms with Gasteiger partial charge in [-0.3, -0.25) is 4.79 Å². The van der Waals surface area contributed by atoms with Crippen LogP contribution >= 0.6 is 11.8 Å². The van der Waals surface area contributed by atoms with Gasteiger partial charge in [0.2, 0.25) is 11.1 Å². The van der Waals surface area contributed by atoms with Gasteiger partial charge in [-0.25, -0.2) is 4.98 Å². The number of benzene rings is 2. The lowest BCUT2D eigenvalue weighted by molar-refractivity contribution is -0.113. The van der Waals surface area contributed by atoms with Gasteiger partial charge < -0.3 is 15.4 Å². The smallest absolute Gasteiger partial charge is 0.234 e. The van der Waals surface area contributed by atoms with Gasteiger partial charge in [-0.05, 0) is 48.4 Å². The minimum absolute atomic E-state index is 0.152. The fourth-order valence-electron chi connectivity index (χ4n) is 2.76. The van der Waals surface area contributed by atoms with Crippen molar-refractivity contribution in [2.24, 2.45) is 0 Å². The summed E-state index contributed by atoms with van der Waals surface area (Å²) >= 11 is 1.22. The summed E-state index contributed by atoms with van der Waals surface area (Å²) in [4.78, 5) is 19.8. The molecule has 0 radical (unpaired) electrons. The molecule has 0 aliphatic rings. The van der Waals surface area contributed by atoms with Crippen LogP contribution in [0.15, 0.2) is 47.6 Å². The van der Waals surface area contributed by atoms with E-state index in [0.717, 1.165) is 22.8 Å². The van der Waals surface area contributed by atoms with Gasteiger partial charge in [0, 0.05) is 16.6 Å². The first-order valence-corrected chi connectivity index (χ1v) is 9.47. The number of anilines is 1. The Morgan fingerprint density at radius 1 is 1.19 bits per heavy atom. The minimum atomic E-state index is -0.182. The SMILES string of the molecule is CCc1ccc2[nH]c3nc(SCC(=O)Nc4ccc(O)cc4)nnc3c2c1. The number of phenols is 1. The third-order valence-electron chi connectivity index (χ3n) is 4.15. The summed E-state index contributed by atoms with van der Waals surface area (Å²) < 4.78 is 0. The van der Waals surface area contributed by atoms with Gasteiger partial charge in [-0.15, -0.1) is 10.2 Å². The second kappa shape index (κ2) is 7.24. The van der Waals surface area contributed by atoms with E-state index in [-0.39, 0.29) is 17.4 Å². The minimum Gasteiger partial charge on any atom is -0.508 e. The Morgan fingerprint density at radius 3 is 2.78 bits per heavy atom. The number of rotatable bonds is 5. The van der Waals surface area contributed by atoms with Gasteiger partial charge >= 0.3 is 0 Å². The van der Waals surface area contributed by atoms with Crippen LogP contribution in [0.3, 0.4) is 0 Å². The maximum atomic E-state index is 12.1. The van der Waals surface area contributed by atoms with E-state index in [4.69, 9.17) is 0 Å². The maximum absolute atomic E-state index is 12.1. The number of hydrogen-bond donors (Lipinski definition) is 3. The molecule has 8 heteroatoms. The van der Waals surface area contributed by atoms with Crippen molar-refractivity contribution in [3.8, 4) is 5.75 Å². The molecule has 0 unspecified atom stereocenters. The highest BCUT2D eigenvalue weighted by Crippen LogP contribution is 2.25. The van der Waals surface area contributed by atoms with Crippen molar-refractivity contribution in [1.82, 2.24) is 20.2 Å². The van der Waals surface area contributed by atoms with Crippen molar-refractivity contribution in [3.05, 3.63) is 48.0 Å². The van der Waals surface area contributed by atoms with Crippen LogP contribution < -0.4 is 5.32 Å². The summed E-state index contributed by atoms with van der Waals surface area (Å²) in [6.07, 6.45) is 0.952. The first-order chi connectivity index (χ1) is 13.1. The molecule has 0 aliphatic carbocycles. The number of carbonyl (C=O) groups excluding carboxylic acids is 1. The molecule has 0 spiro atoms. The van der Waals surface area contributed by atoms with Crippen LogP contribution in [0.4, 0.5) is 5.69 Å². The van der Waals surface area contributed by atoms with Crippen LogP contribution in [0.1, 0.15) is 12.5 Å². The van der Waals surface area contributed by atoms with Crippen LogP contribution in [0.2, 0.25) is 0 Å². The van der Waals surface area contributed by atoms with Gasteiger partial charge in [0.1, 0.15) is 11.3 Å². The Morgan fingerprint density at radius 2 is 2.00 bits per heavy atom. The Balaban J connectivity index is 1.48. The van der Waals surface area contributed by atoms with Gasteiger partial charge in [0.25, 0.3) is 0 Å². The van der Waals surface area contributed by atoms with E-state index in [1.165, 1.54) is 29.5 Å². The molecule has 0 saturated carbocycles. The molecule has 4 rings (SSSR count). The molecule has 27 heavy (non-hydrogen) atoms. The third kappa shape index (κ3) is 3.70. The fourth-order valence-corrected chi connectivity index (χ4v) is 3.34. The predicted octanol–water partition coefficient (Wildman–Crippen LogP) is 3.50. The lowest BCUT2D eigenvalue weighted by Crippen LogP contribution is -2.14. The lowest BCUT2D eigenvalue weighted by Gasteiger charge is -2.04. The van der Waals surface area contributed by atoms with E-state index >= 15 is 0 Å². The number of hydrogen-bond acceptors (Lipinski definition) is 6. The number of amides is 1. The molecule has 2 aromatic carbocycles. The van der Waals surface area contributed by atoms with Crippen molar-refractivity contribution in [3.63, 3.8) is 0 Å². The topological polar surface area (TPSA) is 104 Å². The Kier molecular flexibility index (Phi) is 4.64. The molecule has 136 valence electrons. The molecule has 4 aromatic rings. The largest absolute Gasteiger partial charge is 0.508 e. The van der Waals surface area contributed by atoms with Crippen LogP contribution in [-0.2, 0) is 11.2 Å². The molecule has 2 aromatic heterocycles. The molecular formula is C19H17N5O2S. The Bertz CT molecular complexity index is 1120. The number of phenolic OH excluding ortho intramolecular Hbond substituents is 1. The van der Waals surface area contributed by atoms with Crippen molar-refractivity contribution in [1.29, 1.82) is 0 Å². The number of aromatic hydroxyl groups is 1. The summed E-state index contributed by atoms with van der Waals surface area (Å²) in [6, 6.07) is 12.5. The number of carbonyl (C=O) groups is 1. The van der Waals surface area contributed by atoms with E-state index in [9.17, 15) is 9.90 Å². The summed E-state index contributed by atoms with van der Waals surface area (Å²) in [6.45, 7) is 2.11. The number of H-pyrrole nitrogens is 1. The molecule has 2 heterocycles. The average molecular weight is 379 g/mol. The van der Waals surface area contributed by atoms with Gasteiger partial charge in [0.15, 0.2) is 5.65 Å². The van der Waals surface area contributed by atoms with Crippen LogP contribution in [-0.4, -0.2) is 36.9 Å². The molecule has 0 fully saturated rings. The summed E-state index contributed by atoms with van der Waals surface area (Å²) in [5.41, 5.74) is 4.22. The fraction of sp³-hybridized carbons (Fsp3) is 0.158. The summed E-state index contributed by atoms with van der Waals surface area (Å²) in [5.74, 6) is 0.132.